The van der Waals surface area contributed by atoms with Crippen molar-refractivity contribution in [3.8, 4) is 16.9 Å². The van der Waals surface area contributed by atoms with Gasteiger partial charge in [0, 0.05) is 5.41 Å². The van der Waals surface area contributed by atoms with Crippen LogP contribution in [0.3, 0.4) is 0 Å². The molecule has 0 saturated heterocycles. The fourth-order valence-corrected chi connectivity index (χ4v) is 6.19. The molecule has 3 rings (SSSR count). The molecule has 1 fully saturated rings. The Morgan fingerprint density at radius 2 is 1.56 bits per heavy atom. The van der Waals surface area contributed by atoms with Crippen molar-refractivity contribution in [3.05, 3.63) is 52.6 Å². The normalized spacial score (nSPS) is 19.2. The van der Waals surface area contributed by atoms with Gasteiger partial charge in [-0.25, -0.2) is 0 Å². The second-order valence-corrected chi connectivity index (χ2v) is 11.0. The Labute approximate surface area is 201 Å². The predicted molar refractivity (Wildman–Crippen MR) is 148 cm³/mol. The summed E-state index contributed by atoms with van der Waals surface area (Å²) in [6.45, 7) is 12.3. The lowest BCUT2D eigenvalue weighted by Gasteiger charge is -2.30. The van der Waals surface area contributed by atoms with Gasteiger partial charge in [0.15, 0.2) is 0 Å². The van der Waals surface area contributed by atoms with E-state index in [2.05, 4.69) is 83.4 Å². The molecule has 3 heteroatoms. The monoisotopic (exact) mass is 470 g/mol. The summed E-state index contributed by atoms with van der Waals surface area (Å²) in [4.78, 5) is 0. The third-order valence-electron chi connectivity index (χ3n) is 8.12. The van der Waals surface area contributed by atoms with Gasteiger partial charge in [0.25, 0.3) is 0 Å². The summed E-state index contributed by atoms with van der Waals surface area (Å²) in [6.07, 6.45) is 9.71. The summed E-state index contributed by atoms with van der Waals surface area (Å²) in [6, 6.07) is 11.8. The van der Waals surface area contributed by atoms with E-state index < -0.39 is 0 Å². The standard InChI is InChI=1S/C29H44OP2/c1-6-29(7-2,19-32)18-30-28-15-22(5)27(16-25(28)17-31)26-13-12-24(14-21(26)4)23-10-8-20(3)9-11-23/h12-16,20,23H,6-11,17-19,31-32H2,1-5H3. The molecule has 1 aliphatic rings. The van der Waals surface area contributed by atoms with Gasteiger partial charge in [-0.05, 0) is 109 Å². The Bertz CT molecular complexity index is 884. The van der Waals surface area contributed by atoms with Crippen LogP contribution in [0.5, 0.6) is 5.75 Å². The largest absolute Gasteiger partial charge is 0.493 e. The van der Waals surface area contributed by atoms with Crippen molar-refractivity contribution < 1.29 is 4.74 Å². The molecule has 0 radical (unpaired) electrons. The summed E-state index contributed by atoms with van der Waals surface area (Å²) in [5.74, 6) is 2.69. The van der Waals surface area contributed by atoms with Crippen LogP contribution in [0, 0.1) is 25.2 Å². The highest BCUT2D eigenvalue weighted by atomic mass is 31.0. The van der Waals surface area contributed by atoms with E-state index in [9.17, 15) is 0 Å². The molecule has 0 N–H and O–H groups in total. The van der Waals surface area contributed by atoms with E-state index in [0.717, 1.165) is 49.4 Å². The SMILES string of the molecule is CCC(CC)(CP)COc1cc(C)c(-c2ccc(C3CCC(C)CC3)cc2C)cc1CP. The van der Waals surface area contributed by atoms with Gasteiger partial charge in [-0.1, -0.05) is 51.8 Å². The fourth-order valence-electron chi connectivity index (χ4n) is 5.18. The molecule has 1 nitrogen and oxygen atoms in total. The zero-order valence-electron chi connectivity index (χ0n) is 21.0. The second kappa shape index (κ2) is 11.5. The smallest absolute Gasteiger partial charge is 0.123 e. The Morgan fingerprint density at radius 3 is 2.12 bits per heavy atom. The van der Waals surface area contributed by atoms with Crippen molar-refractivity contribution in [2.24, 2.45) is 11.3 Å². The summed E-state index contributed by atoms with van der Waals surface area (Å²) >= 11 is 0. The average Bonchev–Trinajstić information content (AvgIpc) is 2.81. The number of hydrogen-bond donors (Lipinski definition) is 0. The van der Waals surface area contributed by atoms with E-state index in [-0.39, 0.29) is 5.41 Å². The summed E-state index contributed by atoms with van der Waals surface area (Å²) < 4.78 is 6.45. The predicted octanol–water partition coefficient (Wildman–Crippen LogP) is 8.70. The fraction of sp³-hybridized carbons (Fsp3) is 0.586. The van der Waals surface area contributed by atoms with Gasteiger partial charge in [0.05, 0.1) is 6.61 Å². The Kier molecular flexibility index (Phi) is 9.23. The van der Waals surface area contributed by atoms with E-state index in [0.29, 0.717) is 0 Å². The zero-order valence-corrected chi connectivity index (χ0v) is 23.3. The van der Waals surface area contributed by atoms with Crippen LogP contribution in [0.15, 0.2) is 30.3 Å². The maximum Gasteiger partial charge on any atom is 0.123 e. The van der Waals surface area contributed by atoms with E-state index in [4.69, 9.17) is 4.74 Å². The van der Waals surface area contributed by atoms with E-state index in [1.165, 1.54) is 59.1 Å². The number of aryl methyl sites for hydroxylation is 2. The van der Waals surface area contributed by atoms with Crippen LogP contribution in [0.2, 0.25) is 0 Å². The molecule has 176 valence electrons. The first-order valence-electron chi connectivity index (χ1n) is 12.6. The minimum absolute atomic E-state index is 0.249. The summed E-state index contributed by atoms with van der Waals surface area (Å²) in [5, 5.41) is 0. The van der Waals surface area contributed by atoms with Crippen LogP contribution in [0.25, 0.3) is 11.1 Å². The topological polar surface area (TPSA) is 9.23 Å². The third kappa shape index (κ3) is 5.77. The molecule has 1 aliphatic carbocycles. The van der Waals surface area contributed by atoms with Gasteiger partial charge in [0.1, 0.15) is 5.75 Å². The van der Waals surface area contributed by atoms with Crippen LogP contribution >= 0.6 is 18.5 Å². The molecule has 2 unspecified atom stereocenters. The Morgan fingerprint density at radius 1 is 0.906 bits per heavy atom. The average molecular weight is 471 g/mol. The summed E-state index contributed by atoms with van der Waals surface area (Å²) in [5.41, 5.74) is 8.47. The number of hydrogen-bond acceptors (Lipinski definition) is 1. The molecule has 0 aromatic heterocycles. The number of benzene rings is 2. The van der Waals surface area contributed by atoms with E-state index in [1.807, 2.05) is 0 Å². The molecule has 32 heavy (non-hydrogen) atoms. The molecule has 2 aromatic rings. The van der Waals surface area contributed by atoms with E-state index in [1.54, 1.807) is 0 Å². The van der Waals surface area contributed by atoms with Crippen LogP contribution in [0.4, 0.5) is 0 Å². The molecular weight excluding hydrogens is 426 g/mol. The van der Waals surface area contributed by atoms with Gasteiger partial charge >= 0.3 is 0 Å². The Balaban J connectivity index is 1.85. The maximum absolute atomic E-state index is 6.45. The number of ether oxygens (including phenoxy) is 1. The van der Waals surface area contributed by atoms with Crippen molar-refractivity contribution in [2.75, 3.05) is 12.8 Å². The maximum atomic E-state index is 6.45. The highest BCUT2D eigenvalue weighted by Gasteiger charge is 2.26. The first-order valence-corrected chi connectivity index (χ1v) is 14.3. The van der Waals surface area contributed by atoms with Crippen LogP contribution < -0.4 is 4.74 Å². The van der Waals surface area contributed by atoms with Crippen LogP contribution in [-0.2, 0) is 6.16 Å². The lowest BCUT2D eigenvalue weighted by atomic mass is 9.78. The zero-order chi connectivity index (χ0) is 23.3. The van der Waals surface area contributed by atoms with Crippen molar-refractivity contribution in [3.63, 3.8) is 0 Å². The summed E-state index contributed by atoms with van der Waals surface area (Å²) in [7, 11) is 5.82. The third-order valence-corrected chi connectivity index (χ3v) is 9.43. The van der Waals surface area contributed by atoms with Gasteiger partial charge in [0.2, 0.25) is 0 Å². The quantitative estimate of drug-likeness (QED) is 0.333. The van der Waals surface area contributed by atoms with Crippen molar-refractivity contribution in [2.45, 2.75) is 85.2 Å². The molecule has 0 bridgehead atoms. The molecule has 0 aliphatic heterocycles. The molecule has 2 atom stereocenters. The van der Waals surface area contributed by atoms with Gasteiger partial charge in [-0.3, -0.25) is 0 Å². The van der Waals surface area contributed by atoms with Crippen molar-refractivity contribution >= 4 is 18.5 Å². The minimum atomic E-state index is 0.249. The van der Waals surface area contributed by atoms with Crippen molar-refractivity contribution in [1.29, 1.82) is 0 Å². The first-order chi connectivity index (χ1) is 15.4. The van der Waals surface area contributed by atoms with Gasteiger partial charge in [-0.2, -0.15) is 0 Å². The molecule has 0 amide bonds. The van der Waals surface area contributed by atoms with Gasteiger partial charge < -0.3 is 4.74 Å². The van der Waals surface area contributed by atoms with Crippen LogP contribution in [-0.4, -0.2) is 12.8 Å². The van der Waals surface area contributed by atoms with Gasteiger partial charge in [-0.15, -0.1) is 18.5 Å². The number of rotatable bonds is 9. The van der Waals surface area contributed by atoms with E-state index >= 15 is 0 Å². The lowest BCUT2D eigenvalue weighted by molar-refractivity contribution is 0.155. The molecule has 1 saturated carbocycles. The lowest BCUT2D eigenvalue weighted by Crippen LogP contribution is -2.29. The highest BCUT2D eigenvalue weighted by Crippen LogP contribution is 2.39. The molecular formula is C29H44OP2. The molecule has 2 aromatic carbocycles. The Hall–Kier alpha value is -0.900. The van der Waals surface area contributed by atoms with Crippen molar-refractivity contribution in [1.82, 2.24) is 0 Å². The molecule has 0 heterocycles. The second-order valence-electron chi connectivity index (χ2n) is 10.2. The highest BCUT2D eigenvalue weighted by molar-refractivity contribution is 7.16. The minimum Gasteiger partial charge on any atom is -0.493 e. The first kappa shape index (κ1) is 25.7. The molecule has 0 spiro atoms. The van der Waals surface area contributed by atoms with Crippen LogP contribution in [0.1, 0.15) is 87.5 Å².